The molecule has 140 valence electrons. The molecule has 0 fully saturated rings. The van der Waals surface area contributed by atoms with Crippen molar-refractivity contribution in [2.45, 2.75) is 32.2 Å². The highest BCUT2D eigenvalue weighted by Crippen LogP contribution is 2.38. The smallest absolute Gasteiger partial charge is 0.220 e. The molecule has 0 radical (unpaired) electrons. The summed E-state index contributed by atoms with van der Waals surface area (Å²) in [4.78, 5) is 12.6. The van der Waals surface area contributed by atoms with Crippen LogP contribution in [0.2, 0.25) is 0 Å². The number of hydrogen-bond acceptors (Lipinski definition) is 3. The largest absolute Gasteiger partial charge is 0.508 e. The maximum atomic E-state index is 12.6. The highest BCUT2D eigenvalue weighted by Gasteiger charge is 2.24. The summed E-state index contributed by atoms with van der Waals surface area (Å²) in [6.45, 7) is 2.06. The molecular weight excluding hydrogens is 338 g/mol. The van der Waals surface area contributed by atoms with Gasteiger partial charge >= 0.3 is 0 Å². The van der Waals surface area contributed by atoms with Crippen molar-refractivity contribution in [1.82, 2.24) is 5.32 Å². The van der Waals surface area contributed by atoms with Gasteiger partial charge in [-0.15, -0.1) is 0 Å². The van der Waals surface area contributed by atoms with E-state index in [1.165, 1.54) is 0 Å². The standard InChI is InChI=1S/C23H25NO3/c1-3-4-13-21(26)24-23(18-11-7-8-12-20(18)27-2)22-17-10-6-5-9-16(17)14-15-19(22)25/h5-12,14-15,23,25H,3-4,13H2,1-2H3,(H,24,26). The molecular formula is C23H25NO3. The van der Waals surface area contributed by atoms with E-state index < -0.39 is 6.04 Å². The molecule has 0 aliphatic rings. The number of rotatable bonds is 7. The average molecular weight is 363 g/mol. The second kappa shape index (κ2) is 8.58. The lowest BCUT2D eigenvalue weighted by molar-refractivity contribution is -0.121. The molecule has 27 heavy (non-hydrogen) atoms. The zero-order chi connectivity index (χ0) is 19.2. The van der Waals surface area contributed by atoms with Crippen molar-refractivity contribution < 1.29 is 14.6 Å². The molecule has 1 amide bonds. The Balaban J connectivity index is 2.16. The maximum Gasteiger partial charge on any atom is 0.220 e. The molecule has 0 heterocycles. The van der Waals surface area contributed by atoms with Gasteiger partial charge in [0.15, 0.2) is 0 Å². The van der Waals surface area contributed by atoms with Gasteiger partial charge in [-0.25, -0.2) is 0 Å². The summed E-state index contributed by atoms with van der Waals surface area (Å²) >= 11 is 0. The predicted molar refractivity (Wildman–Crippen MR) is 108 cm³/mol. The second-order valence-corrected chi connectivity index (χ2v) is 6.57. The van der Waals surface area contributed by atoms with Crippen LogP contribution in [-0.4, -0.2) is 18.1 Å². The van der Waals surface area contributed by atoms with E-state index in [9.17, 15) is 9.90 Å². The summed E-state index contributed by atoms with van der Waals surface area (Å²) in [5, 5.41) is 15.7. The van der Waals surface area contributed by atoms with Gasteiger partial charge in [0.2, 0.25) is 5.91 Å². The zero-order valence-electron chi connectivity index (χ0n) is 15.7. The summed E-state index contributed by atoms with van der Waals surface area (Å²) in [5.74, 6) is 0.783. The number of phenolic OH excluding ortho intramolecular Hbond substituents is 1. The highest BCUT2D eigenvalue weighted by atomic mass is 16.5. The first-order chi connectivity index (χ1) is 13.2. The number of carbonyl (C=O) groups is 1. The Morgan fingerprint density at radius 1 is 1.07 bits per heavy atom. The van der Waals surface area contributed by atoms with Crippen molar-refractivity contribution >= 4 is 16.7 Å². The van der Waals surface area contributed by atoms with Crippen LogP contribution in [0.25, 0.3) is 10.8 Å². The number of fused-ring (bicyclic) bond motifs is 1. The van der Waals surface area contributed by atoms with Crippen LogP contribution in [0.1, 0.15) is 43.4 Å². The SMILES string of the molecule is CCCCC(=O)NC(c1ccccc1OC)c1c(O)ccc2ccccc12. The average Bonchev–Trinajstić information content (AvgIpc) is 2.71. The van der Waals surface area contributed by atoms with E-state index in [1.54, 1.807) is 13.2 Å². The van der Waals surface area contributed by atoms with E-state index in [-0.39, 0.29) is 11.7 Å². The van der Waals surface area contributed by atoms with Gasteiger partial charge in [0, 0.05) is 17.5 Å². The molecule has 3 aromatic rings. The number of aromatic hydroxyl groups is 1. The topological polar surface area (TPSA) is 58.6 Å². The predicted octanol–water partition coefficient (Wildman–Crippen LogP) is 4.95. The van der Waals surface area contributed by atoms with Crippen LogP contribution in [0.3, 0.4) is 0 Å². The van der Waals surface area contributed by atoms with Crippen molar-refractivity contribution in [3.63, 3.8) is 0 Å². The number of carbonyl (C=O) groups excluding carboxylic acids is 1. The molecule has 3 rings (SSSR count). The van der Waals surface area contributed by atoms with Gasteiger partial charge in [-0.3, -0.25) is 4.79 Å². The highest BCUT2D eigenvalue weighted by molar-refractivity contribution is 5.89. The molecule has 0 aliphatic carbocycles. The van der Waals surface area contributed by atoms with Crippen LogP contribution in [0.15, 0.2) is 60.7 Å². The van der Waals surface area contributed by atoms with Crippen LogP contribution in [-0.2, 0) is 4.79 Å². The Labute approximate surface area is 159 Å². The number of para-hydroxylation sites is 1. The number of nitrogens with one attached hydrogen (secondary N) is 1. The van der Waals surface area contributed by atoms with Crippen molar-refractivity contribution in [3.05, 3.63) is 71.8 Å². The van der Waals surface area contributed by atoms with Crippen molar-refractivity contribution in [2.24, 2.45) is 0 Å². The normalized spacial score (nSPS) is 11.9. The Bertz CT molecular complexity index is 936. The van der Waals surface area contributed by atoms with E-state index in [4.69, 9.17) is 4.74 Å². The van der Waals surface area contributed by atoms with E-state index in [0.717, 1.165) is 29.2 Å². The van der Waals surface area contributed by atoms with E-state index in [2.05, 4.69) is 12.2 Å². The molecule has 0 bridgehead atoms. The Morgan fingerprint density at radius 3 is 2.59 bits per heavy atom. The van der Waals surface area contributed by atoms with Gasteiger partial charge in [-0.05, 0) is 29.3 Å². The van der Waals surface area contributed by atoms with E-state index in [0.29, 0.717) is 17.7 Å². The first-order valence-electron chi connectivity index (χ1n) is 9.28. The number of methoxy groups -OCH3 is 1. The summed E-state index contributed by atoms with van der Waals surface area (Å²) in [7, 11) is 1.61. The van der Waals surface area contributed by atoms with Crippen molar-refractivity contribution in [1.29, 1.82) is 0 Å². The monoisotopic (exact) mass is 363 g/mol. The molecule has 0 saturated carbocycles. The fourth-order valence-electron chi connectivity index (χ4n) is 3.37. The summed E-state index contributed by atoms with van der Waals surface area (Å²) in [6.07, 6.45) is 2.23. The lowest BCUT2D eigenvalue weighted by Gasteiger charge is -2.24. The van der Waals surface area contributed by atoms with Crippen LogP contribution < -0.4 is 10.1 Å². The molecule has 2 N–H and O–H groups in total. The van der Waals surface area contributed by atoms with Crippen LogP contribution in [0, 0.1) is 0 Å². The minimum atomic E-state index is -0.503. The first kappa shape index (κ1) is 18.8. The number of benzene rings is 3. The number of ether oxygens (including phenoxy) is 1. The van der Waals surface area contributed by atoms with Crippen LogP contribution in [0.4, 0.5) is 0 Å². The Hall–Kier alpha value is -3.01. The van der Waals surface area contributed by atoms with Gasteiger partial charge in [0.05, 0.1) is 13.2 Å². The van der Waals surface area contributed by atoms with Gasteiger partial charge in [-0.2, -0.15) is 0 Å². The van der Waals surface area contributed by atoms with Crippen LogP contribution >= 0.6 is 0 Å². The minimum Gasteiger partial charge on any atom is -0.508 e. The van der Waals surface area contributed by atoms with Crippen molar-refractivity contribution in [2.75, 3.05) is 7.11 Å². The fourth-order valence-corrected chi connectivity index (χ4v) is 3.37. The number of phenols is 1. The Kier molecular flexibility index (Phi) is 5.97. The Morgan fingerprint density at radius 2 is 1.81 bits per heavy atom. The summed E-state index contributed by atoms with van der Waals surface area (Å²) in [5.41, 5.74) is 1.50. The molecule has 0 aromatic heterocycles. The molecule has 4 heteroatoms. The molecule has 3 aromatic carbocycles. The fraction of sp³-hybridized carbons (Fsp3) is 0.261. The summed E-state index contributed by atoms with van der Waals surface area (Å²) < 4.78 is 5.53. The lowest BCUT2D eigenvalue weighted by Crippen LogP contribution is -2.29. The van der Waals surface area contributed by atoms with Gasteiger partial charge < -0.3 is 15.2 Å². The van der Waals surface area contributed by atoms with Gasteiger partial charge in [-0.1, -0.05) is 61.9 Å². The third kappa shape index (κ3) is 4.05. The molecule has 1 atom stereocenters. The quantitative estimate of drug-likeness (QED) is 0.624. The third-order valence-corrected chi connectivity index (χ3v) is 4.75. The maximum absolute atomic E-state index is 12.6. The number of unbranched alkanes of at least 4 members (excludes halogenated alkanes) is 1. The number of hydrogen-bond donors (Lipinski definition) is 2. The molecule has 0 saturated heterocycles. The number of amides is 1. The lowest BCUT2D eigenvalue weighted by atomic mass is 9.92. The van der Waals surface area contributed by atoms with E-state index >= 15 is 0 Å². The molecule has 1 unspecified atom stereocenters. The minimum absolute atomic E-state index is 0.0416. The van der Waals surface area contributed by atoms with Crippen LogP contribution in [0.5, 0.6) is 11.5 Å². The van der Waals surface area contributed by atoms with E-state index in [1.807, 2.05) is 54.6 Å². The summed E-state index contributed by atoms with van der Waals surface area (Å²) in [6, 6.07) is 18.5. The first-order valence-corrected chi connectivity index (χ1v) is 9.28. The molecule has 0 aliphatic heterocycles. The van der Waals surface area contributed by atoms with Crippen molar-refractivity contribution in [3.8, 4) is 11.5 Å². The van der Waals surface area contributed by atoms with Gasteiger partial charge in [0.25, 0.3) is 0 Å². The second-order valence-electron chi connectivity index (χ2n) is 6.57. The molecule has 4 nitrogen and oxygen atoms in total. The molecule has 0 spiro atoms. The van der Waals surface area contributed by atoms with Gasteiger partial charge in [0.1, 0.15) is 11.5 Å². The third-order valence-electron chi connectivity index (χ3n) is 4.75. The zero-order valence-corrected chi connectivity index (χ0v) is 15.7.